The van der Waals surface area contributed by atoms with Crippen LogP contribution >= 0.6 is 11.3 Å². The predicted octanol–water partition coefficient (Wildman–Crippen LogP) is 3.51. The Labute approximate surface area is 186 Å². The number of ether oxygens (including phenoxy) is 2. The van der Waals surface area contributed by atoms with Crippen LogP contribution in [0.4, 0.5) is 0 Å². The Morgan fingerprint density at radius 3 is 2.62 bits per heavy atom. The summed E-state index contributed by atoms with van der Waals surface area (Å²) in [6.45, 7) is 0.164. The number of aromatic hydroxyl groups is 2. The topological polar surface area (TPSA) is 117 Å². The van der Waals surface area contributed by atoms with Gasteiger partial charge in [-0.05, 0) is 41.8 Å². The van der Waals surface area contributed by atoms with E-state index < -0.39 is 23.5 Å². The zero-order chi connectivity index (χ0) is 22.4. The lowest BCUT2D eigenvalue weighted by Gasteiger charge is -2.25. The van der Waals surface area contributed by atoms with Gasteiger partial charge < -0.3 is 29.7 Å². The molecule has 1 aromatic heterocycles. The van der Waals surface area contributed by atoms with Crippen molar-refractivity contribution in [3.8, 4) is 23.0 Å². The second-order valence-electron chi connectivity index (χ2n) is 7.32. The van der Waals surface area contributed by atoms with Crippen LogP contribution in [0.2, 0.25) is 0 Å². The Kier molecular flexibility index (Phi) is 4.75. The van der Waals surface area contributed by atoms with Gasteiger partial charge in [0.2, 0.25) is 6.79 Å². The number of rotatable bonds is 4. The van der Waals surface area contributed by atoms with Gasteiger partial charge in [-0.2, -0.15) is 0 Å². The van der Waals surface area contributed by atoms with Gasteiger partial charge in [0, 0.05) is 22.1 Å². The number of nitrogens with zero attached hydrogens (tertiary/aromatic N) is 1. The number of hydrogen-bond acceptors (Lipinski definition) is 8. The minimum Gasteiger partial charge on any atom is -0.508 e. The molecule has 0 radical (unpaired) electrons. The first-order valence-corrected chi connectivity index (χ1v) is 10.5. The van der Waals surface area contributed by atoms with Crippen molar-refractivity contribution in [3.05, 3.63) is 75.5 Å². The van der Waals surface area contributed by atoms with Crippen LogP contribution in [0.1, 0.15) is 22.0 Å². The van der Waals surface area contributed by atoms with Crippen molar-refractivity contribution in [2.75, 3.05) is 6.79 Å². The van der Waals surface area contributed by atoms with Crippen LogP contribution in [0.25, 0.3) is 5.76 Å². The lowest BCUT2D eigenvalue weighted by Crippen LogP contribution is -2.28. The molecule has 9 heteroatoms. The van der Waals surface area contributed by atoms with Crippen molar-refractivity contribution < 1.29 is 34.4 Å². The monoisotopic (exact) mass is 451 g/mol. The third-order valence-electron chi connectivity index (χ3n) is 5.40. The number of phenols is 2. The van der Waals surface area contributed by atoms with E-state index in [0.717, 1.165) is 10.9 Å². The molecule has 2 aliphatic rings. The average molecular weight is 451 g/mol. The highest BCUT2D eigenvalue weighted by Crippen LogP contribution is 2.45. The van der Waals surface area contributed by atoms with E-state index in [1.165, 1.54) is 34.4 Å². The van der Waals surface area contributed by atoms with Gasteiger partial charge in [0.15, 0.2) is 11.5 Å². The molecule has 2 aromatic carbocycles. The summed E-state index contributed by atoms with van der Waals surface area (Å²) in [6.07, 6.45) is 0. The van der Waals surface area contributed by atoms with Crippen molar-refractivity contribution in [1.82, 2.24) is 4.90 Å². The minimum atomic E-state index is -1.05. The summed E-state index contributed by atoms with van der Waals surface area (Å²) < 4.78 is 10.6. The zero-order valence-electron chi connectivity index (χ0n) is 16.5. The van der Waals surface area contributed by atoms with Crippen LogP contribution in [-0.2, 0) is 16.1 Å². The summed E-state index contributed by atoms with van der Waals surface area (Å²) in [4.78, 5) is 28.2. The van der Waals surface area contributed by atoms with E-state index in [2.05, 4.69) is 0 Å². The van der Waals surface area contributed by atoms with Crippen molar-refractivity contribution in [2.24, 2.45) is 0 Å². The smallest absolute Gasteiger partial charge is 0.295 e. The average Bonchev–Trinajstić information content (AvgIpc) is 3.50. The lowest BCUT2D eigenvalue weighted by atomic mass is 9.94. The number of amides is 1. The van der Waals surface area contributed by atoms with Crippen LogP contribution in [0.15, 0.2) is 59.5 Å². The number of aliphatic hydroxyl groups excluding tert-OH is 1. The van der Waals surface area contributed by atoms with Crippen molar-refractivity contribution in [1.29, 1.82) is 0 Å². The Morgan fingerprint density at radius 1 is 1.06 bits per heavy atom. The third kappa shape index (κ3) is 3.23. The Hall–Kier alpha value is -3.98. The van der Waals surface area contributed by atoms with Crippen molar-refractivity contribution in [2.45, 2.75) is 12.6 Å². The summed E-state index contributed by atoms with van der Waals surface area (Å²) in [5, 5.41) is 33.2. The van der Waals surface area contributed by atoms with Crippen LogP contribution in [0, 0.1) is 0 Å². The molecule has 0 bridgehead atoms. The number of fused-ring (bicyclic) bond motifs is 1. The fourth-order valence-corrected chi connectivity index (χ4v) is 4.60. The quantitative estimate of drug-likeness (QED) is 0.316. The van der Waals surface area contributed by atoms with Crippen LogP contribution in [0.5, 0.6) is 23.0 Å². The Morgan fingerprint density at radius 2 is 1.88 bits per heavy atom. The molecule has 3 heterocycles. The number of carbonyl (C=O) groups excluding carboxylic acids is 2. The number of Topliss-reactive ketones (excluding diaryl/α,β-unsaturated/α-hetero) is 1. The molecule has 8 nitrogen and oxygen atoms in total. The van der Waals surface area contributed by atoms with Gasteiger partial charge in [0.05, 0.1) is 18.2 Å². The molecule has 3 aromatic rings. The van der Waals surface area contributed by atoms with Gasteiger partial charge in [-0.1, -0.05) is 6.07 Å². The fourth-order valence-electron chi connectivity index (χ4n) is 3.90. The molecule has 1 amide bonds. The Balaban J connectivity index is 1.67. The second kappa shape index (κ2) is 7.61. The van der Waals surface area contributed by atoms with E-state index in [9.17, 15) is 24.9 Å². The summed E-state index contributed by atoms with van der Waals surface area (Å²) in [6, 6.07) is 11.2. The van der Waals surface area contributed by atoms with Gasteiger partial charge in [0.1, 0.15) is 17.3 Å². The largest absolute Gasteiger partial charge is 0.508 e. The molecule has 5 rings (SSSR count). The summed E-state index contributed by atoms with van der Waals surface area (Å²) in [5.74, 6) is -1.61. The SMILES string of the molecule is O=C1C(=O)N(Cc2cccs2)C(c2ccc(O)cc2O)/C1=C(\O)c1ccc2c(c1)OCO2. The van der Waals surface area contributed by atoms with Gasteiger partial charge in [0.25, 0.3) is 11.7 Å². The molecule has 0 saturated carbocycles. The number of hydrogen-bond donors (Lipinski definition) is 3. The van der Waals surface area contributed by atoms with E-state index in [1.807, 2.05) is 17.5 Å². The normalized spacial score (nSPS) is 19.0. The molecule has 0 aliphatic carbocycles. The molecule has 2 aliphatic heterocycles. The highest BCUT2D eigenvalue weighted by molar-refractivity contribution is 7.09. The predicted molar refractivity (Wildman–Crippen MR) is 115 cm³/mol. The number of phenolic OH excluding ortho intramolecular Hbond substituents is 2. The molecule has 162 valence electrons. The molecule has 1 atom stereocenters. The van der Waals surface area contributed by atoms with E-state index >= 15 is 0 Å². The summed E-state index contributed by atoms with van der Waals surface area (Å²) in [7, 11) is 0. The van der Waals surface area contributed by atoms with Gasteiger partial charge in [-0.25, -0.2) is 0 Å². The first-order valence-electron chi connectivity index (χ1n) is 9.66. The molecule has 0 spiro atoms. The maximum absolute atomic E-state index is 13.1. The highest BCUT2D eigenvalue weighted by atomic mass is 32.1. The van der Waals surface area contributed by atoms with Gasteiger partial charge in [-0.3, -0.25) is 9.59 Å². The van der Waals surface area contributed by atoms with E-state index in [4.69, 9.17) is 9.47 Å². The molecular formula is C23H17NO7S. The first-order chi connectivity index (χ1) is 15.4. The van der Waals surface area contributed by atoms with E-state index in [0.29, 0.717) is 11.5 Å². The van der Waals surface area contributed by atoms with Crippen LogP contribution in [0.3, 0.4) is 0 Å². The Bertz CT molecular complexity index is 1270. The minimum absolute atomic E-state index is 0.0478. The number of aliphatic hydroxyl groups is 1. The second-order valence-corrected chi connectivity index (χ2v) is 8.35. The van der Waals surface area contributed by atoms with Crippen LogP contribution in [-0.4, -0.2) is 38.7 Å². The molecule has 1 fully saturated rings. The number of carbonyl (C=O) groups is 2. The number of ketones is 1. The van der Waals surface area contributed by atoms with Gasteiger partial charge in [-0.15, -0.1) is 11.3 Å². The standard InChI is InChI=1S/C23H17NO7S/c25-13-4-5-15(16(26)9-13)20-19(21(27)12-3-6-17-18(8-12)31-11-30-17)22(28)23(29)24(20)10-14-2-1-7-32-14/h1-9,20,25-27H,10-11H2/b21-19+. The maximum Gasteiger partial charge on any atom is 0.295 e. The summed E-state index contributed by atoms with van der Waals surface area (Å²) >= 11 is 1.42. The van der Waals surface area contributed by atoms with Gasteiger partial charge >= 0.3 is 0 Å². The third-order valence-corrected chi connectivity index (χ3v) is 6.26. The first kappa shape index (κ1) is 20.0. The number of likely N-dealkylation sites (tertiary alicyclic amines) is 1. The zero-order valence-corrected chi connectivity index (χ0v) is 17.3. The molecule has 32 heavy (non-hydrogen) atoms. The summed E-state index contributed by atoms with van der Waals surface area (Å²) in [5.41, 5.74) is 0.318. The maximum atomic E-state index is 13.1. The molecular weight excluding hydrogens is 434 g/mol. The molecule has 1 unspecified atom stereocenters. The number of benzene rings is 2. The fraction of sp³-hybridized carbons (Fsp3) is 0.130. The van der Waals surface area contributed by atoms with Crippen molar-refractivity contribution >= 4 is 28.8 Å². The molecule has 1 saturated heterocycles. The van der Waals surface area contributed by atoms with E-state index in [-0.39, 0.29) is 41.5 Å². The van der Waals surface area contributed by atoms with E-state index in [1.54, 1.807) is 12.1 Å². The highest BCUT2D eigenvalue weighted by Gasteiger charge is 2.47. The lowest BCUT2D eigenvalue weighted by molar-refractivity contribution is -0.140. The van der Waals surface area contributed by atoms with Crippen LogP contribution < -0.4 is 9.47 Å². The van der Waals surface area contributed by atoms with Crippen molar-refractivity contribution in [3.63, 3.8) is 0 Å². The number of thiophene rings is 1. The molecule has 3 N–H and O–H groups in total.